The fourth-order valence-electron chi connectivity index (χ4n) is 5.71. The first-order valence-electron chi connectivity index (χ1n) is 19.5. The molecular formula is C39H52N6O17. The molecule has 11 N–H and O–H groups in total. The summed E-state index contributed by atoms with van der Waals surface area (Å²) in [5.41, 5.74) is 1.32. The van der Waals surface area contributed by atoms with Gasteiger partial charge in [0.25, 0.3) is 5.91 Å². The third-order valence-corrected chi connectivity index (χ3v) is 8.98. The molecule has 1 aromatic heterocycles. The summed E-state index contributed by atoms with van der Waals surface area (Å²) in [5.74, 6) is -12.1. The van der Waals surface area contributed by atoms with Crippen molar-refractivity contribution in [3.8, 4) is 11.8 Å². The van der Waals surface area contributed by atoms with Crippen LogP contribution in [0.1, 0.15) is 99.4 Å². The van der Waals surface area contributed by atoms with Gasteiger partial charge < -0.3 is 62.1 Å². The standard InChI is InChI=1S/C39H52N6O17/c1-22-7-6-8-23(21-22)35(56)40-20-5-4-9-27(39(60)61)44-38(59)26(14-19-33(53)54)43-37(58)25(13-18-32(51)52)42-36(57)24(12-17-31(49)50)41-28(46)10-2-3-11-34(55)62-45-29(47)15-16-30(45)48/h6-8,15-16,21,24-27,47-48H,2-5,9-14,17-20H2,1H3,(H,40,56)(H,41,46)(H,42,57)(H,43,58)(H,44,59)(H,49,50)(H,51,52)(H,53,54)(H,60,61). The average Bonchev–Trinajstić information content (AvgIpc) is 3.51. The van der Waals surface area contributed by atoms with E-state index in [1.54, 1.807) is 18.2 Å². The van der Waals surface area contributed by atoms with Gasteiger partial charge in [-0.15, -0.1) is 4.73 Å². The molecule has 4 atom stereocenters. The lowest BCUT2D eigenvalue weighted by Crippen LogP contribution is -2.58. The first-order valence-corrected chi connectivity index (χ1v) is 19.5. The van der Waals surface area contributed by atoms with Crippen LogP contribution in [0.4, 0.5) is 0 Å². The second-order valence-corrected chi connectivity index (χ2v) is 14.1. The zero-order chi connectivity index (χ0) is 46.4. The Morgan fingerprint density at radius 2 is 1.06 bits per heavy atom. The largest absolute Gasteiger partial charge is 0.492 e. The van der Waals surface area contributed by atoms with Crippen molar-refractivity contribution in [2.24, 2.45) is 0 Å². The van der Waals surface area contributed by atoms with Crippen molar-refractivity contribution in [1.29, 1.82) is 0 Å². The van der Waals surface area contributed by atoms with Crippen LogP contribution in [0.25, 0.3) is 0 Å². The maximum atomic E-state index is 13.5. The number of aromatic hydroxyl groups is 2. The predicted molar refractivity (Wildman–Crippen MR) is 211 cm³/mol. The summed E-state index contributed by atoms with van der Waals surface area (Å²) in [7, 11) is 0. The molecule has 340 valence electrons. The number of aryl methyl sites for hydroxylation is 1. The summed E-state index contributed by atoms with van der Waals surface area (Å²) >= 11 is 0. The molecule has 62 heavy (non-hydrogen) atoms. The molecule has 0 spiro atoms. The number of unbranched alkanes of at least 4 members (excludes halogenated alkanes) is 2. The molecule has 0 saturated carbocycles. The first-order chi connectivity index (χ1) is 29.3. The van der Waals surface area contributed by atoms with Crippen LogP contribution in [0.3, 0.4) is 0 Å². The van der Waals surface area contributed by atoms with Gasteiger partial charge in [0.05, 0.1) is 0 Å². The van der Waals surface area contributed by atoms with Crippen LogP contribution in [0, 0.1) is 6.92 Å². The lowest BCUT2D eigenvalue weighted by molar-refractivity contribution is -0.146. The third kappa shape index (κ3) is 19.2. The number of carbonyl (C=O) groups is 10. The highest BCUT2D eigenvalue weighted by Crippen LogP contribution is 2.19. The number of nitrogens with zero attached hydrogens (tertiary/aromatic N) is 1. The molecule has 5 amide bonds. The van der Waals surface area contributed by atoms with Crippen LogP contribution in [0.5, 0.6) is 11.8 Å². The summed E-state index contributed by atoms with van der Waals surface area (Å²) in [4.78, 5) is 129. The van der Waals surface area contributed by atoms with E-state index in [4.69, 9.17) is 4.84 Å². The Hall–Kier alpha value is -7.20. The normalized spacial score (nSPS) is 12.7. The molecule has 1 aromatic carbocycles. The lowest BCUT2D eigenvalue weighted by Gasteiger charge is -2.26. The van der Waals surface area contributed by atoms with Gasteiger partial charge in [-0.3, -0.25) is 38.4 Å². The highest BCUT2D eigenvalue weighted by atomic mass is 16.7. The highest BCUT2D eigenvalue weighted by Gasteiger charge is 2.32. The van der Waals surface area contributed by atoms with E-state index in [9.17, 15) is 78.6 Å². The van der Waals surface area contributed by atoms with Crippen molar-refractivity contribution < 1.29 is 83.4 Å². The van der Waals surface area contributed by atoms with Crippen molar-refractivity contribution in [3.63, 3.8) is 0 Å². The number of nitrogens with one attached hydrogen (secondary N) is 5. The summed E-state index contributed by atoms with van der Waals surface area (Å²) in [6.07, 6.45) is -3.70. The number of hydrogen-bond acceptors (Lipinski definition) is 13. The van der Waals surface area contributed by atoms with E-state index in [2.05, 4.69) is 26.6 Å². The Morgan fingerprint density at radius 1 is 0.581 bits per heavy atom. The fourth-order valence-corrected chi connectivity index (χ4v) is 5.71. The maximum Gasteiger partial charge on any atom is 0.333 e. The predicted octanol–water partition coefficient (Wildman–Crippen LogP) is -0.0582. The van der Waals surface area contributed by atoms with Crippen LogP contribution >= 0.6 is 0 Å². The highest BCUT2D eigenvalue weighted by molar-refractivity contribution is 5.96. The van der Waals surface area contributed by atoms with E-state index in [0.29, 0.717) is 16.7 Å². The zero-order valence-corrected chi connectivity index (χ0v) is 33.8. The second-order valence-electron chi connectivity index (χ2n) is 14.1. The van der Waals surface area contributed by atoms with Crippen molar-refractivity contribution in [1.82, 2.24) is 31.3 Å². The molecule has 0 aliphatic heterocycles. The molecule has 0 saturated heterocycles. The van der Waals surface area contributed by atoms with Crippen molar-refractivity contribution >= 4 is 59.4 Å². The molecular weight excluding hydrogens is 824 g/mol. The Kier molecular flexibility index (Phi) is 21.4. The van der Waals surface area contributed by atoms with E-state index in [1.807, 2.05) is 13.0 Å². The van der Waals surface area contributed by atoms with Crippen LogP contribution < -0.4 is 31.4 Å². The maximum absolute atomic E-state index is 13.5. The van der Waals surface area contributed by atoms with Crippen LogP contribution in [0.15, 0.2) is 36.4 Å². The molecule has 4 unspecified atom stereocenters. The lowest BCUT2D eigenvalue weighted by atomic mass is 10.0. The average molecular weight is 877 g/mol. The molecule has 2 aromatic rings. The SMILES string of the molecule is Cc1cccc(C(=O)NCCCCC(NC(=O)C(CCC(=O)O)NC(=O)C(CCC(=O)O)NC(=O)C(CCC(=O)O)NC(=O)CCCCC(=O)On2c(O)ccc2O)C(=O)O)c1. The van der Waals surface area contributed by atoms with Gasteiger partial charge in [-0.2, -0.15) is 0 Å². The Morgan fingerprint density at radius 3 is 1.55 bits per heavy atom. The van der Waals surface area contributed by atoms with Crippen LogP contribution in [0.2, 0.25) is 0 Å². The van der Waals surface area contributed by atoms with Gasteiger partial charge in [-0.25, -0.2) is 9.59 Å². The number of carboxylic acids is 4. The first kappa shape index (κ1) is 50.9. The van der Waals surface area contributed by atoms with Gasteiger partial charge in [-0.05, 0) is 70.4 Å². The van der Waals surface area contributed by atoms with Crippen molar-refractivity contribution in [3.05, 3.63) is 47.5 Å². The Bertz CT molecular complexity index is 1910. The van der Waals surface area contributed by atoms with Gasteiger partial charge in [0.15, 0.2) is 0 Å². The molecule has 0 aliphatic carbocycles. The summed E-state index contributed by atoms with van der Waals surface area (Å²) in [5, 5.41) is 68.6. The molecule has 0 aliphatic rings. The minimum atomic E-state index is -1.74. The number of aliphatic carboxylic acids is 4. The summed E-state index contributed by atoms with van der Waals surface area (Å²) in [6, 6.07) is 2.49. The molecule has 23 heteroatoms. The number of hydrogen-bond donors (Lipinski definition) is 11. The number of rotatable bonds is 29. The fraction of sp³-hybridized carbons (Fsp3) is 0.487. The summed E-state index contributed by atoms with van der Waals surface area (Å²) in [6.45, 7) is 2.01. The van der Waals surface area contributed by atoms with Crippen LogP contribution in [-0.4, -0.2) is 125 Å². The molecule has 0 radical (unpaired) electrons. The quantitative estimate of drug-likeness (QED) is 0.0477. The molecule has 1 heterocycles. The van der Waals surface area contributed by atoms with Gasteiger partial charge >= 0.3 is 29.8 Å². The summed E-state index contributed by atoms with van der Waals surface area (Å²) < 4.78 is 0.479. The van der Waals surface area contributed by atoms with Gasteiger partial charge in [-0.1, -0.05) is 17.7 Å². The van der Waals surface area contributed by atoms with Gasteiger partial charge in [0.1, 0.15) is 24.2 Å². The molecule has 0 fully saturated rings. The third-order valence-electron chi connectivity index (χ3n) is 8.98. The minimum absolute atomic E-state index is 0.0523. The second kappa shape index (κ2) is 26.1. The van der Waals surface area contributed by atoms with E-state index < -0.39 is 128 Å². The van der Waals surface area contributed by atoms with E-state index >= 15 is 0 Å². The number of carboxylic acid groups (broad SMARTS) is 4. The van der Waals surface area contributed by atoms with Crippen molar-refractivity contribution in [2.45, 2.75) is 115 Å². The monoisotopic (exact) mass is 876 g/mol. The smallest absolute Gasteiger partial charge is 0.333 e. The number of carbonyl (C=O) groups excluding carboxylic acids is 6. The Labute approximate surface area is 354 Å². The Balaban J connectivity index is 2.08. The van der Waals surface area contributed by atoms with Crippen LogP contribution in [-0.2, 0) is 43.2 Å². The van der Waals surface area contributed by atoms with Crippen molar-refractivity contribution in [2.75, 3.05) is 6.54 Å². The molecule has 23 nitrogen and oxygen atoms in total. The number of amides is 5. The molecule has 2 rings (SSSR count). The van der Waals surface area contributed by atoms with Gasteiger partial charge in [0, 0.05) is 56.3 Å². The van der Waals surface area contributed by atoms with E-state index in [1.165, 1.54) is 0 Å². The van der Waals surface area contributed by atoms with E-state index in [0.717, 1.165) is 17.7 Å². The topological polar surface area (TPSA) is 366 Å². The minimum Gasteiger partial charge on any atom is -0.492 e. The zero-order valence-electron chi connectivity index (χ0n) is 33.8. The molecule has 0 bridgehead atoms. The van der Waals surface area contributed by atoms with E-state index in [-0.39, 0.29) is 51.0 Å². The number of aromatic nitrogens is 1. The number of benzene rings is 1. The van der Waals surface area contributed by atoms with Gasteiger partial charge in [0.2, 0.25) is 35.4 Å².